The molecule has 0 radical (unpaired) electrons. The van der Waals surface area contributed by atoms with Gasteiger partial charge in [-0.2, -0.15) is 17.4 Å². The minimum Gasteiger partial charge on any atom is -0.329 e. The van der Waals surface area contributed by atoms with E-state index in [-0.39, 0.29) is 18.4 Å². The molecule has 1 aromatic rings. The SMILES string of the molecule is NCC1CCCCN1S(=O)(=O)NCc1cccc(F)c1. The van der Waals surface area contributed by atoms with Crippen LogP contribution in [0, 0.1) is 5.82 Å². The molecule has 0 aliphatic carbocycles. The van der Waals surface area contributed by atoms with Crippen LogP contribution >= 0.6 is 0 Å². The predicted molar refractivity (Wildman–Crippen MR) is 75.6 cm³/mol. The van der Waals surface area contributed by atoms with E-state index < -0.39 is 10.2 Å². The first-order valence-corrected chi connectivity index (χ1v) is 8.18. The van der Waals surface area contributed by atoms with Crippen molar-refractivity contribution >= 4 is 10.2 Å². The van der Waals surface area contributed by atoms with Crippen LogP contribution in [0.3, 0.4) is 0 Å². The van der Waals surface area contributed by atoms with Gasteiger partial charge in [0.1, 0.15) is 5.82 Å². The molecule has 0 spiro atoms. The summed E-state index contributed by atoms with van der Waals surface area (Å²) in [5.41, 5.74) is 6.23. The molecule has 20 heavy (non-hydrogen) atoms. The summed E-state index contributed by atoms with van der Waals surface area (Å²) in [5, 5.41) is 0. The van der Waals surface area contributed by atoms with E-state index in [1.807, 2.05) is 0 Å². The van der Waals surface area contributed by atoms with Gasteiger partial charge in [0.15, 0.2) is 0 Å². The maximum Gasteiger partial charge on any atom is 0.280 e. The number of nitrogens with zero attached hydrogens (tertiary/aromatic N) is 1. The standard InChI is InChI=1S/C13H20FN3O2S/c14-12-5-3-4-11(8-12)10-16-20(18,19)17-7-2-1-6-13(17)9-15/h3-5,8,13,16H,1-2,6-7,9-10,15H2. The number of nitrogens with two attached hydrogens (primary N) is 1. The van der Waals surface area contributed by atoms with Gasteiger partial charge in [0.05, 0.1) is 0 Å². The number of nitrogens with one attached hydrogen (secondary N) is 1. The normalized spacial score (nSPS) is 21.0. The van der Waals surface area contributed by atoms with Gasteiger partial charge in [-0.05, 0) is 30.5 Å². The molecule has 112 valence electrons. The van der Waals surface area contributed by atoms with Crippen LogP contribution in [0.1, 0.15) is 24.8 Å². The lowest BCUT2D eigenvalue weighted by atomic mass is 10.1. The zero-order chi connectivity index (χ0) is 14.6. The lowest BCUT2D eigenvalue weighted by Gasteiger charge is -2.33. The third-order valence-corrected chi connectivity index (χ3v) is 5.11. The van der Waals surface area contributed by atoms with Gasteiger partial charge in [0.2, 0.25) is 0 Å². The fourth-order valence-electron chi connectivity index (χ4n) is 2.43. The molecule has 1 aromatic carbocycles. The molecule has 1 heterocycles. The maximum atomic E-state index is 13.1. The van der Waals surface area contributed by atoms with Crippen LogP contribution in [0.4, 0.5) is 4.39 Å². The summed E-state index contributed by atoms with van der Waals surface area (Å²) >= 11 is 0. The van der Waals surface area contributed by atoms with Crippen molar-refractivity contribution in [1.82, 2.24) is 9.03 Å². The molecule has 1 aliphatic rings. The van der Waals surface area contributed by atoms with Gasteiger partial charge in [-0.1, -0.05) is 18.6 Å². The number of piperidine rings is 1. The molecule has 5 nitrogen and oxygen atoms in total. The second kappa shape index (κ2) is 6.62. The van der Waals surface area contributed by atoms with Gasteiger partial charge in [-0.3, -0.25) is 0 Å². The molecule has 0 saturated carbocycles. The third kappa shape index (κ3) is 3.76. The van der Waals surface area contributed by atoms with Crippen molar-refractivity contribution in [3.05, 3.63) is 35.6 Å². The summed E-state index contributed by atoms with van der Waals surface area (Å²) in [5.74, 6) is -0.375. The van der Waals surface area contributed by atoms with Gasteiger partial charge in [0.25, 0.3) is 10.2 Å². The number of halogens is 1. The molecule has 1 atom stereocenters. The quantitative estimate of drug-likeness (QED) is 0.851. The molecule has 1 aliphatic heterocycles. The first kappa shape index (κ1) is 15.4. The van der Waals surface area contributed by atoms with Crippen LogP contribution in [0.25, 0.3) is 0 Å². The van der Waals surface area contributed by atoms with Crippen molar-refractivity contribution in [2.75, 3.05) is 13.1 Å². The van der Waals surface area contributed by atoms with Crippen LogP contribution in [-0.2, 0) is 16.8 Å². The van der Waals surface area contributed by atoms with Crippen molar-refractivity contribution in [2.24, 2.45) is 5.73 Å². The molecule has 3 N–H and O–H groups in total. The maximum absolute atomic E-state index is 13.1. The molecule has 0 amide bonds. The average molecular weight is 301 g/mol. The smallest absolute Gasteiger partial charge is 0.280 e. The number of hydrogen-bond donors (Lipinski definition) is 2. The van der Waals surface area contributed by atoms with Crippen molar-refractivity contribution in [1.29, 1.82) is 0 Å². The van der Waals surface area contributed by atoms with Crippen LogP contribution in [-0.4, -0.2) is 31.9 Å². The molecular weight excluding hydrogens is 281 g/mol. The monoisotopic (exact) mass is 301 g/mol. The van der Waals surface area contributed by atoms with E-state index in [9.17, 15) is 12.8 Å². The molecule has 1 saturated heterocycles. The molecular formula is C13H20FN3O2S. The first-order chi connectivity index (χ1) is 9.53. The van der Waals surface area contributed by atoms with Gasteiger partial charge in [0, 0.05) is 25.7 Å². The predicted octanol–water partition coefficient (Wildman–Crippen LogP) is 0.973. The molecule has 1 unspecified atom stereocenters. The summed E-state index contributed by atoms with van der Waals surface area (Å²) < 4.78 is 41.6. The van der Waals surface area contributed by atoms with E-state index in [4.69, 9.17) is 5.73 Å². The lowest BCUT2D eigenvalue weighted by molar-refractivity contribution is 0.254. The fraction of sp³-hybridized carbons (Fsp3) is 0.538. The first-order valence-electron chi connectivity index (χ1n) is 6.74. The molecule has 7 heteroatoms. The van der Waals surface area contributed by atoms with E-state index in [1.165, 1.54) is 16.4 Å². The number of benzene rings is 1. The van der Waals surface area contributed by atoms with Crippen molar-refractivity contribution in [3.8, 4) is 0 Å². The Morgan fingerprint density at radius 1 is 1.40 bits per heavy atom. The Morgan fingerprint density at radius 2 is 2.20 bits per heavy atom. The number of rotatable bonds is 5. The van der Waals surface area contributed by atoms with Gasteiger partial charge >= 0.3 is 0 Å². The summed E-state index contributed by atoms with van der Waals surface area (Å²) in [4.78, 5) is 0. The minimum absolute atomic E-state index is 0.0773. The Morgan fingerprint density at radius 3 is 2.90 bits per heavy atom. The fourth-order valence-corrected chi connectivity index (χ4v) is 3.90. The van der Waals surface area contributed by atoms with Gasteiger partial charge < -0.3 is 5.73 Å². The highest BCUT2D eigenvalue weighted by Crippen LogP contribution is 2.19. The number of hydrogen-bond acceptors (Lipinski definition) is 3. The summed E-state index contributed by atoms with van der Waals surface area (Å²) in [6.45, 7) is 0.884. The summed E-state index contributed by atoms with van der Waals surface area (Å²) in [6, 6.07) is 5.74. The Labute approximate surface area is 119 Å². The average Bonchev–Trinajstić information content (AvgIpc) is 2.45. The Bertz CT molecular complexity index is 550. The zero-order valence-corrected chi connectivity index (χ0v) is 12.1. The van der Waals surface area contributed by atoms with E-state index in [0.717, 1.165) is 19.3 Å². The Balaban J connectivity index is 2.03. The molecule has 2 rings (SSSR count). The third-order valence-electron chi connectivity index (χ3n) is 3.50. The van der Waals surface area contributed by atoms with E-state index in [1.54, 1.807) is 12.1 Å². The highest BCUT2D eigenvalue weighted by molar-refractivity contribution is 7.87. The Kier molecular flexibility index (Phi) is 5.09. The van der Waals surface area contributed by atoms with Crippen molar-refractivity contribution in [3.63, 3.8) is 0 Å². The van der Waals surface area contributed by atoms with Crippen molar-refractivity contribution < 1.29 is 12.8 Å². The molecule has 0 bridgehead atoms. The minimum atomic E-state index is -3.57. The second-order valence-electron chi connectivity index (χ2n) is 4.95. The Hall–Kier alpha value is -1.02. The van der Waals surface area contributed by atoms with Crippen LogP contribution < -0.4 is 10.5 Å². The molecule has 1 fully saturated rings. The van der Waals surface area contributed by atoms with E-state index >= 15 is 0 Å². The van der Waals surface area contributed by atoms with Gasteiger partial charge in [-0.15, -0.1) is 0 Å². The topological polar surface area (TPSA) is 75.4 Å². The summed E-state index contributed by atoms with van der Waals surface area (Å²) in [6.07, 6.45) is 2.63. The van der Waals surface area contributed by atoms with Crippen LogP contribution in [0.5, 0.6) is 0 Å². The highest BCUT2D eigenvalue weighted by atomic mass is 32.2. The summed E-state index contributed by atoms with van der Waals surface area (Å²) in [7, 11) is -3.57. The van der Waals surface area contributed by atoms with E-state index in [2.05, 4.69) is 4.72 Å². The largest absolute Gasteiger partial charge is 0.329 e. The lowest BCUT2D eigenvalue weighted by Crippen LogP contribution is -2.51. The highest BCUT2D eigenvalue weighted by Gasteiger charge is 2.30. The molecule has 0 aromatic heterocycles. The van der Waals surface area contributed by atoms with Gasteiger partial charge in [-0.25, -0.2) is 4.39 Å². The van der Waals surface area contributed by atoms with E-state index in [0.29, 0.717) is 18.7 Å². The second-order valence-corrected chi connectivity index (χ2v) is 6.66. The van der Waals surface area contributed by atoms with Crippen LogP contribution in [0.15, 0.2) is 24.3 Å². The van der Waals surface area contributed by atoms with Crippen LogP contribution in [0.2, 0.25) is 0 Å². The zero-order valence-electron chi connectivity index (χ0n) is 11.3. The van der Waals surface area contributed by atoms with Crippen molar-refractivity contribution in [2.45, 2.75) is 31.8 Å².